The van der Waals surface area contributed by atoms with Crippen molar-refractivity contribution in [3.05, 3.63) is 0 Å². The molecular formula is C16H31NOS. The highest BCUT2D eigenvalue weighted by atomic mass is 32.1. The monoisotopic (exact) mass is 285 g/mol. The lowest BCUT2D eigenvalue weighted by atomic mass is 9.75. The zero-order valence-corrected chi connectivity index (χ0v) is 13.6. The molecule has 1 unspecified atom stereocenters. The van der Waals surface area contributed by atoms with Gasteiger partial charge in [-0.15, -0.1) is 0 Å². The van der Waals surface area contributed by atoms with E-state index in [-0.39, 0.29) is 0 Å². The Balaban J connectivity index is 1.95. The van der Waals surface area contributed by atoms with Crippen molar-refractivity contribution in [2.75, 3.05) is 32.6 Å². The van der Waals surface area contributed by atoms with Crippen molar-refractivity contribution >= 4 is 12.6 Å². The minimum Gasteiger partial charge on any atom is -0.383 e. The molecule has 0 N–H and O–H groups in total. The summed E-state index contributed by atoms with van der Waals surface area (Å²) in [5.74, 6) is 1.99. The lowest BCUT2D eigenvalue weighted by Gasteiger charge is -2.42. The number of methoxy groups -OCH3 is 1. The van der Waals surface area contributed by atoms with Gasteiger partial charge in [0.25, 0.3) is 0 Å². The average Bonchev–Trinajstić information content (AvgIpc) is 3.28. The van der Waals surface area contributed by atoms with Crippen LogP contribution in [0.2, 0.25) is 0 Å². The van der Waals surface area contributed by atoms with E-state index in [1.54, 1.807) is 0 Å². The third-order valence-corrected chi connectivity index (χ3v) is 5.92. The Hall–Kier alpha value is 0.270. The summed E-state index contributed by atoms with van der Waals surface area (Å²) in [6.07, 6.45) is 9.82. The molecule has 2 rings (SSSR count). The molecule has 0 aromatic heterocycles. The van der Waals surface area contributed by atoms with E-state index < -0.39 is 0 Å². The van der Waals surface area contributed by atoms with Gasteiger partial charge >= 0.3 is 0 Å². The molecule has 2 aliphatic carbocycles. The highest BCUT2D eigenvalue weighted by molar-refractivity contribution is 7.80. The number of nitrogens with zero attached hydrogens (tertiary/aromatic N) is 1. The molecule has 0 aliphatic heterocycles. The summed E-state index contributed by atoms with van der Waals surface area (Å²) in [4.78, 5) is 2.70. The maximum atomic E-state index is 5.32. The van der Waals surface area contributed by atoms with Gasteiger partial charge < -0.3 is 4.74 Å². The number of rotatable bonds is 8. The van der Waals surface area contributed by atoms with Crippen molar-refractivity contribution in [3.8, 4) is 0 Å². The fraction of sp³-hybridized carbons (Fsp3) is 1.00. The largest absolute Gasteiger partial charge is 0.383 e. The Labute approximate surface area is 124 Å². The molecule has 112 valence electrons. The molecular weight excluding hydrogens is 254 g/mol. The van der Waals surface area contributed by atoms with Gasteiger partial charge in [0.2, 0.25) is 0 Å². The molecule has 0 radical (unpaired) electrons. The molecule has 19 heavy (non-hydrogen) atoms. The summed E-state index contributed by atoms with van der Waals surface area (Å²) in [6.45, 7) is 5.60. The number of hydrogen-bond acceptors (Lipinski definition) is 3. The van der Waals surface area contributed by atoms with Crippen molar-refractivity contribution < 1.29 is 4.74 Å². The molecule has 0 saturated heterocycles. The van der Waals surface area contributed by atoms with Gasteiger partial charge in [0.05, 0.1) is 6.61 Å². The van der Waals surface area contributed by atoms with Crippen molar-refractivity contribution in [1.82, 2.24) is 4.90 Å². The van der Waals surface area contributed by atoms with Gasteiger partial charge in [0, 0.05) is 26.2 Å². The van der Waals surface area contributed by atoms with Gasteiger partial charge in [-0.3, -0.25) is 4.90 Å². The Morgan fingerprint density at radius 2 is 1.95 bits per heavy atom. The van der Waals surface area contributed by atoms with Crippen LogP contribution >= 0.6 is 12.6 Å². The standard InChI is InChI=1S/C16H31NOS/c1-14(15-6-7-15)17(10-11-18-2)12-16(13-19)8-4-3-5-9-16/h14-15,19H,3-13H2,1-2H3. The first kappa shape index (κ1) is 15.7. The molecule has 0 aromatic rings. The first-order valence-electron chi connectivity index (χ1n) is 8.05. The van der Waals surface area contributed by atoms with Crippen LogP contribution in [0, 0.1) is 11.3 Å². The molecule has 0 heterocycles. The van der Waals surface area contributed by atoms with Gasteiger partial charge in [-0.25, -0.2) is 0 Å². The summed E-state index contributed by atoms with van der Waals surface area (Å²) in [5.41, 5.74) is 0.470. The molecule has 2 aliphatic rings. The number of hydrogen-bond donors (Lipinski definition) is 1. The lowest BCUT2D eigenvalue weighted by Crippen LogP contribution is -2.46. The quantitative estimate of drug-likeness (QED) is 0.684. The first-order valence-corrected chi connectivity index (χ1v) is 8.68. The van der Waals surface area contributed by atoms with Crippen LogP contribution in [-0.2, 0) is 4.74 Å². The second-order valence-corrected chi connectivity index (χ2v) is 7.08. The fourth-order valence-corrected chi connectivity index (χ4v) is 4.03. The van der Waals surface area contributed by atoms with E-state index in [1.165, 1.54) is 51.5 Å². The van der Waals surface area contributed by atoms with Crippen molar-refractivity contribution in [2.45, 2.75) is 57.9 Å². The van der Waals surface area contributed by atoms with Gasteiger partial charge in [0.15, 0.2) is 0 Å². The van der Waals surface area contributed by atoms with Gasteiger partial charge in [0.1, 0.15) is 0 Å². The highest BCUT2D eigenvalue weighted by Crippen LogP contribution is 2.41. The van der Waals surface area contributed by atoms with Gasteiger partial charge in [-0.05, 0) is 49.7 Å². The molecule has 3 heteroatoms. The van der Waals surface area contributed by atoms with Gasteiger partial charge in [-0.2, -0.15) is 12.6 Å². The van der Waals surface area contributed by atoms with Gasteiger partial charge in [-0.1, -0.05) is 19.3 Å². The summed E-state index contributed by atoms with van der Waals surface area (Å²) < 4.78 is 5.32. The fourth-order valence-electron chi connectivity index (χ4n) is 3.61. The van der Waals surface area contributed by atoms with Crippen LogP contribution in [0.3, 0.4) is 0 Å². The van der Waals surface area contributed by atoms with Crippen LogP contribution in [0.25, 0.3) is 0 Å². The Bertz CT molecular complexity index is 261. The van der Waals surface area contributed by atoms with Crippen LogP contribution < -0.4 is 0 Å². The van der Waals surface area contributed by atoms with Crippen molar-refractivity contribution in [1.29, 1.82) is 0 Å². The zero-order valence-electron chi connectivity index (χ0n) is 12.7. The SMILES string of the molecule is COCCN(CC1(CS)CCCCC1)C(C)C1CC1. The molecule has 2 nitrogen and oxygen atoms in total. The summed E-state index contributed by atoms with van der Waals surface area (Å²) in [7, 11) is 1.81. The van der Waals surface area contributed by atoms with E-state index in [2.05, 4.69) is 11.8 Å². The second kappa shape index (κ2) is 7.33. The minimum atomic E-state index is 0.470. The van der Waals surface area contributed by atoms with E-state index in [9.17, 15) is 0 Å². The van der Waals surface area contributed by atoms with Crippen LogP contribution in [0.5, 0.6) is 0 Å². The minimum absolute atomic E-state index is 0.470. The Morgan fingerprint density at radius 1 is 1.26 bits per heavy atom. The van der Waals surface area contributed by atoms with Crippen LogP contribution in [0.1, 0.15) is 51.9 Å². The highest BCUT2D eigenvalue weighted by Gasteiger charge is 2.37. The molecule has 1 atom stereocenters. The summed E-state index contributed by atoms with van der Waals surface area (Å²) >= 11 is 4.69. The number of thiol groups is 1. The van der Waals surface area contributed by atoms with E-state index in [0.717, 1.165) is 30.9 Å². The maximum Gasteiger partial charge on any atom is 0.0589 e. The average molecular weight is 285 g/mol. The van der Waals surface area contributed by atoms with E-state index in [4.69, 9.17) is 17.4 Å². The molecule has 2 fully saturated rings. The zero-order chi connectivity index (χ0) is 13.7. The van der Waals surface area contributed by atoms with Crippen LogP contribution in [0.4, 0.5) is 0 Å². The molecule has 0 spiro atoms. The summed E-state index contributed by atoms with van der Waals surface area (Å²) in [6, 6.07) is 0.730. The van der Waals surface area contributed by atoms with Crippen molar-refractivity contribution in [2.24, 2.45) is 11.3 Å². The predicted molar refractivity (Wildman–Crippen MR) is 85.0 cm³/mol. The maximum absolute atomic E-state index is 5.32. The third-order valence-electron chi connectivity index (χ3n) is 5.25. The first-order chi connectivity index (χ1) is 9.21. The van der Waals surface area contributed by atoms with Crippen molar-refractivity contribution in [3.63, 3.8) is 0 Å². The summed E-state index contributed by atoms with van der Waals surface area (Å²) in [5, 5.41) is 0. The number of ether oxygens (including phenoxy) is 1. The Kier molecular flexibility index (Phi) is 6.04. The van der Waals surface area contributed by atoms with E-state index in [1.807, 2.05) is 7.11 Å². The Morgan fingerprint density at radius 3 is 2.47 bits per heavy atom. The van der Waals surface area contributed by atoms with E-state index >= 15 is 0 Å². The smallest absolute Gasteiger partial charge is 0.0589 e. The normalized spacial score (nSPS) is 24.6. The van der Waals surface area contributed by atoms with Crippen LogP contribution in [0.15, 0.2) is 0 Å². The molecule has 0 amide bonds. The second-order valence-electron chi connectivity index (χ2n) is 6.76. The van der Waals surface area contributed by atoms with E-state index in [0.29, 0.717) is 5.41 Å². The predicted octanol–water partition coefficient (Wildman–Crippen LogP) is 3.61. The molecule has 2 saturated carbocycles. The van der Waals surface area contributed by atoms with Crippen LogP contribution in [-0.4, -0.2) is 43.5 Å². The topological polar surface area (TPSA) is 12.5 Å². The molecule has 0 bridgehead atoms. The lowest BCUT2D eigenvalue weighted by molar-refractivity contribution is 0.0632. The molecule has 0 aromatic carbocycles. The third kappa shape index (κ3) is 4.37.